The Hall–Kier alpha value is -1.13. The van der Waals surface area contributed by atoms with Gasteiger partial charge in [0.15, 0.2) is 16.6 Å². The van der Waals surface area contributed by atoms with Crippen LogP contribution in [0.4, 0.5) is 0 Å². The Kier molecular flexibility index (Phi) is 6.16. The molecule has 136 valence electrons. The SMILES string of the molecule is C[Si](C)(Cn1cc(Cl)ccc1=O)O[Si](C)(C)Cn1cc(Cl)ccc1=O. The number of nitrogens with zero attached hydrogens (tertiary/aromatic N) is 2. The molecule has 9 heteroatoms. The molecular formula is C16H22Cl2N2O3Si2. The summed E-state index contributed by atoms with van der Waals surface area (Å²) in [5.41, 5.74) is -0.196. The van der Waals surface area contributed by atoms with Crippen LogP contribution in [0.1, 0.15) is 0 Å². The van der Waals surface area contributed by atoms with Gasteiger partial charge < -0.3 is 13.2 Å². The first-order chi connectivity index (χ1) is 11.5. The second-order valence-electron chi connectivity index (χ2n) is 7.25. The average molecular weight is 417 g/mol. The van der Waals surface area contributed by atoms with Crippen molar-refractivity contribution in [2.24, 2.45) is 0 Å². The van der Waals surface area contributed by atoms with Crippen LogP contribution in [0.15, 0.2) is 46.2 Å². The lowest BCUT2D eigenvalue weighted by Crippen LogP contribution is -2.51. The molecule has 0 saturated heterocycles. The van der Waals surface area contributed by atoms with E-state index in [4.69, 9.17) is 27.3 Å². The maximum Gasteiger partial charge on any atom is 0.250 e. The molecule has 0 bridgehead atoms. The van der Waals surface area contributed by atoms with Gasteiger partial charge in [-0.05, 0) is 38.3 Å². The molecule has 0 aliphatic heterocycles. The Bertz CT molecular complexity index is 807. The van der Waals surface area contributed by atoms with Crippen LogP contribution in [0, 0.1) is 0 Å². The summed E-state index contributed by atoms with van der Waals surface area (Å²) in [6, 6.07) is 6.09. The smallest absolute Gasteiger partial charge is 0.250 e. The van der Waals surface area contributed by atoms with Gasteiger partial charge in [0.1, 0.15) is 0 Å². The van der Waals surface area contributed by atoms with E-state index in [2.05, 4.69) is 26.2 Å². The standard InChI is InChI=1S/C16H22Cl2N2O3Si2/c1-24(2,11-19-9-13(17)5-7-15(19)21)23-25(3,4)12-20-10-14(18)6-8-16(20)22/h5-10H,11-12H2,1-4H3. The molecule has 0 amide bonds. The van der Waals surface area contributed by atoms with Gasteiger partial charge >= 0.3 is 0 Å². The highest BCUT2D eigenvalue weighted by molar-refractivity contribution is 6.83. The van der Waals surface area contributed by atoms with Gasteiger partial charge in [0.25, 0.3) is 0 Å². The molecule has 5 nitrogen and oxygen atoms in total. The highest BCUT2D eigenvalue weighted by Crippen LogP contribution is 2.18. The van der Waals surface area contributed by atoms with Gasteiger partial charge in [-0.3, -0.25) is 9.59 Å². The quantitative estimate of drug-likeness (QED) is 0.676. The van der Waals surface area contributed by atoms with E-state index in [-0.39, 0.29) is 11.1 Å². The van der Waals surface area contributed by atoms with Crippen LogP contribution in [-0.4, -0.2) is 25.8 Å². The van der Waals surface area contributed by atoms with E-state index in [0.29, 0.717) is 22.4 Å². The Balaban J connectivity index is 2.17. The summed E-state index contributed by atoms with van der Waals surface area (Å²) < 4.78 is 9.70. The first kappa shape index (κ1) is 20.2. The summed E-state index contributed by atoms with van der Waals surface area (Å²) in [5.74, 6) is 0. The molecule has 0 aliphatic rings. The monoisotopic (exact) mass is 416 g/mol. The van der Waals surface area contributed by atoms with Crippen LogP contribution in [0.25, 0.3) is 0 Å². The molecule has 0 N–H and O–H groups in total. The molecule has 2 aromatic rings. The molecular weight excluding hydrogens is 395 g/mol. The van der Waals surface area contributed by atoms with Crippen molar-refractivity contribution >= 4 is 39.8 Å². The third-order valence-electron chi connectivity index (χ3n) is 3.55. The van der Waals surface area contributed by atoms with E-state index in [1.54, 1.807) is 33.7 Å². The third kappa shape index (κ3) is 5.97. The molecule has 25 heavy (non-hydrogen) atoms. The Morgan fingerprint density at radius 2 is 1.16 bits per heavy atom. The molecule has 0 atom stereocenters. The second-order valence-corrected chi connectivity index (χ2v) is 16.6. The lowest BCUT2D eigenvalue weighted by Gasteiger charge is -2.34. The number of rotatable bonds is 6. The zero-order chi connectivity index (χ0) is 18.8. The minimum atomic E-state index is -2.20. The lowest BCUT2D eigenvalue weighted by molar-refractivity contribution is 0.504. The first-order valence-electron chi connectivity index (χ1n) is 7.90. The van der Waals surface area contributed by atoms with Crippen molar-refractivity contribution in [3.05, 3.63) is 67.4 Å². The van der Waals surface area contributed by atoms with Crippen LogP contribution in [0.2, 0.25) is 36.2 Å². The molecule has 0 fully saturated rings. The second kappa shape index (κ2) is 7.63. The van der Waals surface area contributed by atoms with Crippen LogP contribution >= 0.6 is 23.2 Å². The molecule has 0 unspecified atom stereocenters. The van der Waals surface area contributed by atoms with E-state index in [1.165, 1.54) is 12.1 Å². The first-order valence-corrected chi connectivity index (χ1v) is 14.9. The lowest BCUT2D eigenvalue weighted by atomic mass is 10.5. The van der Waals surface area contributed by atoms with Crippen molar-refractivity contribution in [1.82, 2.24) is 9.13 Å². The topological polar surface area (TPSA) is 53.2 Å². The number of halogens is 2. The Morgan fingerprint density at radius 1 is 0.800 bits per heavy atom. The Labute approximate surface area is 159 Å². The maximum absolute atomic E-state index is 12.0. The normalized spacial score (nSPS) is 12.4. The molecule has 0 spiro atoms. The van der Waals surface area contributed by atoms with Crippen molar-refractivity contribution < 1.29 is 4.12 Å². The van der Waals surface area contributed by atoms with Crippen LogP contribution in [0.5, 0.6) is 0 Å². The molecule has 0 aromatic carbocycles. The minimum Gasteiger partial charge on any atom is -0.453 e. The third-order valence-corrected chi connectivity index (χ3v) is 10.6. The largest absolute Gasteiger partial charge is 0.453 e. The molecule has 0 radical (unpaired) electrons. The highest BCUT2D eigenvalue weighted by atomic mass is 35.5. The van der Waals surface area contributed by atoms with Gasteiger partial charge in [0.2, 0.25) is 11.1 Å². The number of aromatic nitrogens is 2. The number of hydrogen-bond acceptors (Lipinski definition) is 3. The number of hydrogen-bond donors (Lipinski definition) is 0. The van der Waals surface area contributed by atoms with Gasteiger partial charge in [0, 0.05) is 36.9 Å². The summed E-state index contributed by atoms with van der Waals surface area (Å²) in [4.78, 5) is 24.0. The predicted molar refractivity (Wildman–Crippen MR) is 107 cm³/mol. The van der Waals surface area contributed by atoms with Gasteiger partial charge in [-0.1, -0.05) is 23.2 Å². The minimum absolute atomic E-state index is 0.0980. The molecule has 0 aliphatic carbocycles. The average Bonchev–Trinajstić information content (AvgIpc) is 2.45. The van der Waals surface area contributed by atoms with Gasteiger partial charge in [0.05, 0.1) is 10.0 Å². The predicted octanol–water partition coefficient (Wildman–Crippen LogP) is 3.52. The van der Waals surface area contributed by atoms with Crippen LogP contribution < -0.4 is 11.1 Å². The van der Waals surface area contributed by atoms with Crippen molar-refractivity contribution in [3.8, 4) is 0 Å². The van der Waals surface area contributed by atoms with E-state index in [0.717, 1.165) is 0 Å². The van der Waals surface area contributed by atoms with Crippen molar-refractivity contribution in [3.63, 3.8) is 0 Å². The van der Waals surface area contributed by atoms with E-state index < -0.39 is 16.6 Å². The summed E-state index contributed by atoms with van der Waals surface area (Å²) >= 11 is 12.0. The fraction of sp³-hybridized carbons (Fsp3) is 0.375. The molecule has 2 aromatic heterocycles. The molecule has 2 rings (SSSR count). The fourth-order valence-corrected chi connectivity index (χ4v) is 11.9. The summed E-state index contributed by atoms with van der Waals surface area (Å²) in [7, 11) is -4.40. The van der Waals surface area contributed by atoms with Crippen molar-refractivity contribution in [2.45, 2.75) is 38.5 Å². The zero-order valence-corrected chi connectivity index (χ0v) is 18.3. The van der Waals surface area contributed by atoms with Gasteiger partial charge in [-0.25, -0.2) is 0 Å². The summed E-state index contributed by atoms with van der Waals surface area (Å²) in [6.45, 7) is 8.26. The zero-order valence-electron chi connectivity index (χ0n) is 14.8. The summed E-state index contributed by atoms with van der Waals surface area (Å²) in [6.07, 6.45) is 4.29. The van der Waals surface area contributed by atoms with Crippen LogP contribution in [-0.2, 0) is 16.5 Å². The molecule has 2 heterocycles. The van der Waals surface area contributed by atoms with E-state index >= 15 is 0 Å². The van der Waals surface area contributed by atoms with Gasteiger partial charge in [-0.15, -0.1) is 0 Å². The highest BCUT2D eigenvalue weighted by Gasteiger charge is 2.34. The van der Waals surface area contributed by atoms with E-state index in [9.17, 15) is 9.59 Å². The van der Waals surface area contributed by atoms with Crippen molar-refractivity contribution in [1.29, 1.82) is 0 Å². The Morgan fingerprint density at radius 3 is 1.52 bits per heavy atom. The van der Waals surface area contributed by atoms with Crippen LogP contribution in [0.3, 0.4) is 0 Å². The van der Waals surface area contributed by atoms with E-state index in [1.807, 2.05) is 0 Å². The van der Waals surface area contributed by atoms with Crippen molar-refractivity contribution in [2.75, 3.05) is 0 Å². The summed E-state index contributed by atoms with van der Waals surface area (Å²) in [5, 5.41) is 1.04. The molecule has 0 saturated carbocycles. The fourth-order valence-electron chi connectivity index (χ4n) is 2.88. The maximum atomic E-state index is 12.0. The van der Waals surface area contributed by atoms with Gasteiger partial charge in [-0.2, -0.15) is 0 Å². The number of pyridine rings is 2.